The second kappa shape index (κ2) is 8.93. The van der Waals surface area contributed by atoms with Crippen LogP contribution in [0.3, 0.4) is 0 Å². The van der Waals surface area contributed by atoms with E-state index in [-0.39, 0.29) is 36.8 Å². The molecule has 1 heterocycles. The Balaban J connectivity index is 1.81. The maximum Gasteiger partial charge on any atom is 0.255 e. The molecule has 2 aromatic carbocycles. The van der Waals surface area contributed by atoms with Gasteiger partial charge in [-0.2, -0.15) is 4.31 Å². The number of ether oxygens (including phenoxy) is 1. The Kier molecular flexibility index (Phi) is 6.71. The van der Waals surface area contributed by atoms with E-state index < -0.39 is 31.0 Å². The molecule has 11 heteroatoms. The van der Waals surface area contributed by atoms with Gasteiger partial charge in [-0.05, 0) is 42.3 Å². The maximum absolute atomic E-state index is 13.0. The van der Waals surface area contributed by atoms with E-state index in [0.29, 0.717) is 16.3 Å². The molecule has 1 aliphatic heterocycles. The molecule has 0 aliphatic carbocycles. The fraction of sp³-hybridized carbons (Fsp3) is 0.316. The quantitative estimate of drug-likeness (QED) is 0.683. The predicted molar refractivity (Wildman–Crippen MR) is 112 cm³/mol. The first-order chi connectivity index (χ1) is 14.1. The third-order valence-electron chi connectivity index (χ3n) is 4.79. The molecule has 1 unspecified atom stereocenters. The predicted octanol–water partition coefficient (Wildman–Crippen LogP) is 1.75. The van der Waals surface area contributed by atoms with E-state index in [2.05, 4.69) is 0 Å². The van der Waals surface area contributed by atoms with Gasteiger partial charge < -0.3 is 10.5 Å². The summed E-state index contributed by atoms with van der Waals surface area (Å²) in [5.41, 5.74) is 5.49. The molecule has 0 radical (unpaired) electrons. The van der Waals surface area contributed by atoms with Crippen LogP contribution >= 0.6 is 11.6 Å². The van der Waals surface area contributed by atoms with Crippen molar-refractivity contribution in [2.75, 3.05) is 25.4 Å². The molecule has 0 bridgehead atoms. The minimum Gasteiger partial charge on any atom is -0.484 e. The second-order valence-corrected chi connectivity index (χ2v) is 11.4. The number of carbonyl (C=O) groups excluding carboxylic acids is 1. The van der Waals surface area contributed by atoms with Gasteiger partial charge in [0.05, 0.1) is 15.9 Å². The highest BCUT2D eigenvalue weighted by atomic mass is 35.5. The molecule has 2 N–H and O–H groups in total. The van der Waals surface area contributed by atoms with E-state index in [4.69, 9.17) is 22.1 Å². The Morgan fingerprint density at radius 2 is 1.80 bits per heavy atom. The van der Waals surface area contributed by atoms with Crippen LogP contribution in [0, 0.1) is 0 Å². The number of carbonyl (C=O) groups is 1. The van der Waals surface area contributed by atoms with Gasteiger partial charge in [-0.3, -0.25) is 4.79 Å². The molecule has 162 valence electrons. The van der Waals surface area contributed by atoms with E-state index in [1.54, 1.807) is 24.3 Å². The van der Waals surface area contributed by atoms with Gasteiger partial charge in [0.25, 0.3) is 5.91 Å². The number of halogens is 1. The van der Waals surface area contributed by atoms with Crippen LogP contribution in [0.2, 0.25) is 5.02 Å². The zero-order valence-electron chi connectivity index (χ0n) is 15.9. The summed E-state index contributed by atoms with van der Waals surface area (Å²) in [6.07, 6.45) is 0.102. The van der Waals surface area contributed by atoms with Gasteiger partial charge in [0.15, 0.2) is 16.4 Å². The van der Waals surface area contributed by atoms with E-state index in [0.717, 1.165) is 0 Å². The first-order valence-corrected chi connectivity index (χ1v) is 12.6. The summed E-state index contributed by atoms with van der Waals surface area (Å²) in [4.78, 5) is 10.8. The number of primary amides is 1. The van der Waals surface area contributed by atoms with Gasteiger partial charge >= 0.3 is 0 Å². The van der Waals surface area contributed by atoms with Crippen molar-refractivity contribution in [2.45, 2.75) is 16.6 Å². The largest absolute Gasteiger partial charge is 0.484 e. The van der Waals surface area contributed by atoms with Crippen molar-refractivity contribution in [1.82, 2.24) is 4.31 Å². The Hall–Kier alpha value is -2.14. The minimum absolute atomic E-state index is 0.00233. The number of rotatable bonds is 6. The number of sulfone groups is 1. The molecular formula is C19H21ClN2O6S2. The maximum atomic E-state index is 13.0. The van der Waals surface area contributed by atoms with E-state index in [1.807, 2.05) is 0 Å². The number of amides is 1. The fourth-order valence-corrected chi connectivity index (χ4v) is 6.98. The van der Waals surface area contributed by atoms with Crippen LogP contribution in [0.4, 0.5) is 0 Å². The lowest BCUT2D eigenvalue weighted by Gasteiger charge is -2.20. The van der Waals surface area contributed by atoms with Crippen molar-refractivity contribution in [3.63, 3.8) is 0 Å². The molecule has 1 saturated heterocycles. The number of nitrogens with two attached hydrogens (primary N) is 1. The normalized spacial score (nSPS) is 19.7. The number of hydrogen-bond acceptors (Lipinski definition) is 6. The monoisotopic (exact) mass is 472 g/mol. The van der Waals surface area contributed by atoms with Crippen molar-refractivity contribution in [3.8, 4) is 5.75 Å². The van der Waals surface area contributed by atoms with E-state index in [1.165, 1.54) is 28.6 Å². The van der Waals surface area contributed by atoms with Gasteiger partial charge in [0.1, 0.15) is 5.75 Å². The summed E-state index contributed by atoms with van der Waals surface area (Å²) in [5.74, 6) is -0.655. The molecule has 0 aromatic heterocycles. The summed E-state index contributed by atoms with van der Waals surface area (Å²) in [7, 11) is -7.50. The Bertz CT molecular complexity index is 1130. The number of benzene rings is 2. The highest BCUT2D eigenvalue weighted by molar-refractivity contribution is 7.92. The zero-order valence-corrected chi connectivity index (χ0v) is 18.3. The molecular weight excluding hydrogens is 452 g/mol. The molecule has 1 aliphatic rings. The first-order valence-electron chi connectivity index (χ1n) is 9.08. The lowest BCUT2D eigenvalue weighted by atomic mass is 10.1. The van der Waals surface area contributed by atoms with Crippen molar-refractivity contribution in [1.29, 1.82) is 0 Å². The van der Waals surface area contributed by atoms with Gasteiger partial charge in [-0.25, -0.2) is 16.8 Å². The average Bonchev–Trinajstić information content (AvgIpc) is 2.85. The summed E-state index contributed by atoms with van der Waals surface area (Å²) in [6, 6.07) is 12.2. The number of sulfonamides is 1. The average molecular weight is 473 g/mol. The first kappa shape index (κ1) is 22.5. The number of hydrogen-bond donors (Lipinski definition) is 1. The Labute approximate surface area is 180 Å². The van der Waals surface area contributed by atoms with Gasteiger partial charge in [0.2, 0.25) is 10.0 Å². The summed E-state index contributed by atoms with van der Waals surface area (Å²) in [5, 5.41) is -0.523. The van der Waals surface area contributed by atoms with E-state index >= 15 is 0 Å². The molecule has 8 nitrogen and oxygen atoms in total. The molecule has 2 aromatic rings. The van der Waals surface area contributed by atoms with Crippen LogP contribution in [0.1, 0.15) is 17.2 Å². The SMILES string of the molecule is NC(=O)COc1ccc(S(=O)(=O)N2CCC(c3ccccc3Cl)S(=O)(=O)CC2)cc1. The Morgan fingerprint density at radius 3 is 2.43 bits per heavy atom. The van der Waals surface area contributed by atoms with Crippen LogP contribution in [0.5, 0.6) is 5.75 Å². The highest BCUT2D eigenvalue weighted by Crippen LogP contribution is 2.35. The Morgan fingerprint density at radius 1 is 1.13 bits per heavy atom. The molecule has 1 fully saturated rings. The smallest absolute Gasteiger partial charge is 0.255 e. The van der Waals surface area contributed by atoms with Gasteiger partial charge in [-0.1, -0.05) is 29.8 Å². The molecule has 1 atom stereocenters. The lowest BCUT2D eigenvalue weighted by molar-refractivity contribution is -0.119. The molecule has 1 amide bonds. The zero-order chi connectivity index (χ0) is 21.9. The molecule has 30 heavy (non-hydrogen) atoms. The molecule has 0 saturated carbocycles. The van der Waals surface area contributed by atoms with Crippen LogP contribution in [0.15, 0.2) is 53.4 Å². The standard InChI is InChI=1S/C19H21ClN2O6S2/c20-17-4-2-1-3-16(17)18-9-10-22(11-12-29(18,24)25)30(26,27)15-7-5-14(6-8-15)28-13-19(21)23/h1-8,18H,9-13H2,(H2,21,23). The van der Waals surface area contributed by atoms with Crippen molar-refractivity contribution >= 4 is 37.4 Å². The van der Waals surface area contributed by atoms with Gasteiger partial charge in [-0.15, -0.1) is 0 Å². The molecule has 0 spiro atoms. The topological polar surface area (TPSA) is 124 Å². The van der Waals surface area contributed by atoms with Crippen LogP contribution in [-0.4, -0.2) is 52.5 Å². The highest BCUT2D eigenvalue weighted by Gasteiger charge is 2.36. The summed E-state index contributed by atoms with van der Waals surface area (Å²) < 4.78 is 58.0. The van der Waals surface area contributed by atoms with Crippen molar-refractivity contribution < 1.29 is 26.4 Å². The molecule has 3 rings (SSSR count). The van der Waals surface area contributed by atoms with Crippen molar-refractivity contribution in [2.24, 2.45) is 5.73 Å². The second-order valence-electron chi connectivity index (χ2n) is 6.80. The van der Waals surface area contributed by atoms with Gasteiger partial charge in [0, 0.05) is 18.1 Å². The number of nitrogens with zero attached hydrogens (tertiary/aromatic N) is 1. The lowest BCUT2D eigenvalue weighted by Crippen LogP contribution is -2.33. The van der Waals surface area contributed by atoms with Crippen LogP contribution < -0.4 is 10.5 Å². The summed E-state index contributed by atoms with van der Waals surface area (Å²) in [6.45, 7) is -0.428. The summed E-state index contributed by atoms with van der Waals surface area (Å²) >= 11 is 6.18. The fourth-order valence-electron chi connectivity index (χ4n) is 3.26. The third-order valence-corrected chi connectivity index (χ3v) is 9.16. The van der Waals surface area contributed by atoms with Crippen LogP contribution in [-0.2, 0) is 24.7 Å². The van der Waals surface area contributed by atoms with Crippen LogP contribution in [0.25, 0.3) is 0 Å². The minimum atomic E-state index is -3.91. The van der Waals surface area contributed by atoms with E-state index in [9.17, 15) is 21.6 Å². The van der Waals surface area contributed by atoms with Crippen molar-refractivity contribution in [3.05, 3.63) is 59.1 Å². The third kappa shape index (κ3) is 4.94.